The number of carbonyl (C=O) groups is 3. The molecule has 3 amide bonds. The summed E-state index contributed by atoms with van der Waals surface area (Å²) in [7, 11) is 0. The molecule has 0 radical (unpaired) electrons. The molecule has 0 aliphatic carbocycles. The van der Waals surface area contributed by atoms with Gasteiger partial charge in [-0.2, -0.15) is 0 Å². The van der Waals surface area contributed by atoms with Crippen LogP contribution < -0.4 is 10.6 Å². The van der Waals surface area contributed by atoms with Crippen LogP contribution in [0, 0.1) is 20.8 Å². The Morgan fingerprint density at radius 3 is 2.10 bits per heavy atom. The summed E-state index contributed by atoms with van der Waals surface area (Å²) in [6.07, 6.45) is -0.615. The molecule has 0 heterocycles. The lowest BCUT2D eigenvalue weighted by Crippen LogP contribution is -2.55. The van der Waals surface area contributed by atoms with Gasteiger partial charge in [0.1, 0.15) is 23.4 Å². The molecular weight excluding hydrogens is 530 g/mol. The number of ether oxygens (including phenoxy) is 1. The highest BCUT2D eigenvalue weighted by Crippen LogP contribution is 2.29. The first kappa shape index (κ1) is 32.2. The minimum absolute atomic E-state index is 0.0909. The van der Waals surface area contributed by atoms with Gasteiger partial charge in [-0.25, -0.2) is 4.79 Å². The summed E-state index contributed by atoms with van der Waals surface area (Å²) in [6.45, 7) is 14.8. The zero-order chi connectivity index (χ0) is 31.2. The molecule has 0 aliphatic rings. The van der Waals surface area contributed by atoms with Gasteiger partial charge in [0, 0.05) is 18.2 Å². The van der Waals surface area contributed by atoms with Gasteiger partial charge in [-0.1, -0.05) is 48.5 Å². The van der Waals surface area contributed by atoms with Gasteiger partial charge in [-0.3, -0.25) is 9.59 Å². The Bertz CT molecular complexity index is 1410. The van der Waals surface area contributed by atoms with Crippen molar-refractivity contribution in [1.82, 2.24) is 10.2 Å². The van der Waals surface area contributed by atoms with E-state index >= 15 is 0 Å². The van der Waals surface area contributed by atoms with E-state index in [0.29, 0.717) is 11.3 Å². The van der Waals surface area contributed by atoms with Crippen molar-refractivity contribution in [3.8, 4) is 5.75 Å². The van der Waals surface area contributed by atoms with Crippen LogP contribution in [0.5, 0.6) is 5.75 Å². The van der Waals surface area contributed by atoms with Crippen LogP contribution in [-0.2, 0) is 20.7 Å². The standard InChI is InChI=1S/C34H43N3O5/c1-21(2)37(32(40)29(36-33(41)42-34(6,7)8)20-25-14-17-27(38)18-15-25)30(26-16-13-22(3)24(5)19-26)31(39)35-28-12-10-9-11-23(28)4/h9-19,21,29-30,38H,20H2,1-8H3,(H,35,39)(H,36,41). The number of aromatic hydroxyl groups is 1. The van der Waals surface area contributed by atoms with E-state index < -0.39 is 35.7 Å². The molecule has 3 rings (SSSR count). The van der Waals surface area contributed by atoms with Gasteiger partial charge < -0.3 is 25.4 Å². The van der Waals surface area contributed by atoms with Gasteiger partial charge in [-0.05, 0) is 101 Å². The number of hydrogen-bond acceptors (Lipinski definition) is 5. The van der Waals surface area contributed by atoms with Crippen molar-refractivity contribution in [3.63, 3.8) is 0 Å². The second kappa shape index (κ2) is 13.6. The molecule has 0 saturated carbocycles. The number of rotatable bonds is 9. The van der Waals surface area contributed by atoms with Crippen LogP contribution in [0.15, 0.2) is 66.7 Å². The van der Waals surface area contributed by atoms with Gasteiger partial charge in [0.2, 0.25) is 5.91 Å². The first-order valence-electron chi connectivity index (χ1n) is 14.2. The van der Waals surface area contributed by atoms with Gasteiger partial charge in [-0.15, -0.1) is 0 Å². The van der Waals surface area contributed by atoms with Crippen LogP contribution in [0.1, 0.15) is 68.5 Å². The Labute approximate surface area is 249 Å². The Morgan fingerprint density at radius 2 is 1.52 bits per heavy atom. The second-order valence-corrected chi connectivity index (χ2v) is 12.0. The lowest BCUT2D eigenvalue weighted by atomic mass is 9.96. The average molecular weight is 574 g/mol. The van der Waals surface area contributed by atoms with Crippen LogP contribution in [0.4, 0.5) is 10.5 Å². The molecule has 3 N–H and O–H groups in total. The zero-order valence-corrected chi connectivity index (χ0v) is 25.8. The van der Waals surface area contributed by atoms with Gasteiger partial charge >= 0.3 is 6.09 Å². The van der Waals surface area contributed by atoms with Gasteiger partial charge in [0.25, 0.3) is 5.91 Å². The van der Waals surface area contributed by atoms with E-state index in [1.165, 1.54) is 17.0 Å². The molecule has 0 aromatic heterocycles. The maximum atomic E-state index is 14.5. The van der Waals surface area contributed by atoms with Crippen molar-refractivity contribution in [2.75, 3.05) is 5.32 Å². The number of nitrogens with zero attached hydrogens (tertiary/aromatic N) is 1. The quantitative estimate of drug-likeness (QED) is 0.276. The number of phenols is 1. The van der Waals surface area contributed by atoms with Gasteiger partial charge in [0.15, 0.2) is 0 Å². The summed E-state index contributed by atoms with van der Waals surface area (Å²) < 4.78 is 5.49. The Hall–Kier alpha value is -4.33. The number of nitrogens with one attached hydrogen (secondary N) is 2. The molecule has 8 nitrogen and oxygen atoms in total. The maximum absolute atomic E-state index is 14.5. The van der Waals surface area contributed by atoms with Crippen LogP contribution in [0.2, 0.25) is 0 Å². The maximum Gasteiger partial charge on any atom is 0.408 e. The van der Waals surface area contributed by atoms with E-state index in [-0.39, 0.29) is 18.1 Å². The third kappa shape index (κ3) is 8.59. The highest BCUT2D eigenvalue weighted by Gasteiger charge is 2.38. The van der Waals surface area contributed by atoms with Gasteiger partial charge in [0.05, 0.1) is 0 Å². The second-order valence-electron chi connectivity index (χ2n) is 12.0. The molecule has 3 aromatic rings. The molecular formula is C34H43N3O5. The molecule has 224 valence electrons. The zero-order valence-electron chi connectivity index (χ0n) is 25.8. The number of aryl methyl sites for hydroxylation is 3. The number of benzene rings is 3. The fourth-order valence-electron chi connectivity index (χ4n) is 4.66. The predicted octanol–water partition coefficient (Wildman–Crippen LogP) is 6.37. The predicted molar refractivity (Wildman–Crippen MR) is 165 cm³/mol. The third-order valence-corrected chi connectivity index (χ3v) is 6.95. The smallest absolute Gasteiger partial charge is 0.408 e. The first-order valence-corrected chi connectivity index (χ1v) is 14.2. The first-order chi connectivity index (χ1) is 19.7. The van der Waals surface area contributed by atoms with E-state index in [2.05, 4.69) is 10.6 Å². The molecule has 0 bridgehead atoms. The lowest BCUT2D eigenvalue weighted by molar-refractivity contribution is -0.142. The van der Waals surface area contributed by atoms with Crippen molar-refractivity contribution in [2.24, 2.45) is 0 Å². The molecule has 3 aromatic carbocycles. The number of carbonyl (C=O) groups excluding carboxylic acids is 3. The molecule has 0 aliphatic heterocycles. The molecule has 0 saturated heterocycles. The molecule has 0 fully saturated rings. The normalized spacial score (nSPS) is 12.8. The molecule has 2 atom stereocenters. The number of hydrogen-bond donors (Lipinski definition) is 3. The topological polar surface area (TPSA) is 108 Å². The van der Waals surface area contributed by atoms with Crippen molar-refractivity contribution < 1.29 is 24.2 Å². The molecule has 8 heteroatoms. The summed E-state index contributed by atoms with van der Waals surface area (Å²) in [6, 6.07) is 17.2. The Morgan fingerprint density at radius 1 is 0.881 bits per heavy atom. The molecule has 0 spiro atoms. The van der Waals surface area contributed by atoms with Crippen molar-refractivity contribution in [3.05, 3.63) is 94.5 Å². The van der Waals surface area contributed by atoms with Crippen molar-refractivity contribution in [2.45, 2.75) is 85.5 Å². The van der Waals surface area contributed by atoms with E-state index in [1.807, 2.05) is 77.1 Å². The Kier molecular flexibility index (Phi) is 10.4. The number of para-hydroxylation sites is 1. The van der Waals surface area contributed by atoms with E-state index in [4.69, 9.17) is 4.74 Å². The monoisotopic (exact) mass is 573 g/mol. The SMILES string of the molecule is Cc1ccc(C(C(=O)Nc2ccccc2C)N(C(=O)C(Cc2ccc(O)cc2)NC(=O)OC(C)(C)C)C(C)C)cc1C. The molecule has 2 unspecified atom stereocenters. The van der Waals surface area contributed by atoms with Crippen LogP contribution in [-0.4, -0.2) is 45.6 Å². The number of amides is 3. The fourth-order valence-corrected chi connectivity index (χ4v) is 4.66. The minimum Gasteiger partial charge on any atom is -0.508 e. The largest absolute Gasteiger partial charge is 0.508 e. The molecule has 42 heavy (non-hydrogen) atoms. The van der Waals surface area contributed by atoms with Crippen molar-refractivity contribution >= 4 is 23.6 Å². The number of anilines is 1. The summed E-state index contributed by atoms with van der Waals surface area (Å²) in [4.78, 5) is 43.0. The highest BCUT2D eigenvalue weighted by atomic mass is 16.6. The highest BCUT2D eigenvalue weighted by molar-refractivity contribution is 5.99. The number of phenolic OH excluding ortho intramolecular Hbond substituents is 1. The summed E-state index contributed by atoms with van der Waals surface area (Å²) in [5.74, 6) is -0.712. The fraction of sp³-hybridized carbons (Fsp3) is 0.382. The van der Waals surface area contributed by atoms with E-state index in [1.54, 1.807) is 32.9 Å². The third-order valence-electron chi connectivity index (χ3n) is 6.95. The van der Waals surface area contributed by atoms with E-state index in [9.17, 15) is 19.5 Å². The van der Waals surface area contributed by atoms with Crippen LogP contribution >= 0.6 is 0 Å². The minimum atomic E-state index is -1.05. The Balaban J connectivity index is 2.09. The number of alkyl carbamates (subject to hydrolysis) is 1. The summed E-state index contributed by atoms with van der Waals surface area (Å²) in [5.41, 5.74) is 4.21. The summed E-state index contributed by atoms with van der Waals surface area (Å²) in [5, 5.41) is 15.5. The van der Waals surface area contributed by atoms with E-state index in [0.717, 1.165) is 22.3 Å². The summed E-state index contributed by atoms with van der Waals surface area (Å²) >= 11 is 0. The lowest BCUT2D eigenvalue weighted by Gasteiger charge is -2.37. The average Bonchev–Trinajstić information content (AvgIpc) is 2.89. The van der Waals surface area contributed by atoms with Crippen molar-refractivity contribution in [1.29, 1.82) is 0 Å². The van der Waals surface area contributed by atoms with Crippen LogP contribution in [0.3, 0.4) is 0 Å². The van der Waals surface area contributed by atoms with Crippen LogP contribution in [0.25, 0.3) is 0 Å².